The first-order valence-electron chi connectivity index (χ1n) is 8.50. The second-order valence-corrected chi connectivity index (χ2v) is 6.55. The Hall–Kier alpha value is -3.69. The van der Waals surface area contributed by atoms with Crippen LogP contribution in [0.2, 0.25) is 0 Å². The first-order valence-corrected chi connectivity index (χ1v) is 8.50. The number of benzene rings is 1. The van der Waals surface area contributed by atoms with E-state index in [1.165, 1.54) is 30.2 Å². The van der Waals surface area contributed by atoms with E-state index in [4.69, 9.17) is 5.73 Å². The fourth-order valence-corrected chi connectivity index (χ4v) is 3.16. The van der Waals surface area contributed by atoms with E-state index in [1.54, 1.807) is 24.0 Å². The van der Waals surface area contributed by atoms with Crippen molar-refractivity contribution in [3.63, 3.8) is 0 Å². The highest BCUT2D eigenvalue weighted by Gasteiger charge is 2.36. The van der Waals surface area contributed by atoms with Crippen LogP contribution in [0.1, 0.15) is 27.2 Å². The second kappa shape index (κ2) is 6.43. The molecule has 4 rings (SSSR count). The average molecular weight is 400 g/mol. The van der Waals surface area contributed by atoms with Crippen molar-refractivity contribution in [1.82, 2.24) is 24.6 Å². The van der Waals surface area contributed by atoms with Crippen LogP contribution in [0.25, 0.3) is 23.2 Å². The maximum Gasteiger partial charge on any atom is 0.416 e. The maximum absolute atomic E-state index is 13.0. The normalized spacial score (nSPS) is 15.3. The van der Waals surface area contributed by atoms with Crippen LogP contribution in [0.3, 0.4) is 0 Å². The van der Waals surface area contributed by atoms with Crippen molar-refractivity contribution in [2.24, 2.45) is 7.05 Å². The molecule has 3 aromatic rings. The molecule has 148 valence electrons. The number of fused-ring (bicyclic) bond motifs is 1. The van der Waals surface area contributed by atoms with Crippen molar-refractivity contribution >= 4 is 23.6 Å². The molecule has 3 heterocycles. The van der Waals surface area contributed by atoms with Gasteiger partial charge in [0.15, 0.2) is 0 Å². The van der Waals surface area contributed by atoms with Gasteiger partial charge in [-0.15, -0.1) is 0 Å². The molecule has 0 radical (unpaired) electrons. The number of aromatic nitrogens is 4. The largest absolute Gasteiger partial charge is 0.416 e. The average Bonchev–Trinajstić information content (AvgIpc) is 3.18. The van der Waals surface area contributed by atoms with Gasteiger partial charge in [-0.05, 0) is 29.8 Å². The van der Waals surface area contributed by atoms with Gasteiger partial charge in [-0.2, -0.15) is 18.3 Å². The third-order valence-corrected chi connectivity index (χ3v) is 4.52. The Labute approximate surface area is 163 Å². The van der Waals surface area contributed by atoms with Crippen LogP contribution in [0.5, 0.6) is 0 Å². The minimum absolute atomic E-state index is 0.0672. The fraction of sp³-hybridized carbons (Fsp3) is 0.158. The number of carbonyl (C=O) groups excluding carboxylic acids is 1. The topological polar surface area (TPSA) is 89.9 Å². The Morgan fingerprint density at radius 3 is 2.48 bits per heavy atom. The van der Waals surface area contributed by atoms with Crippen molar-refractivity contribution < 1.29 is 18.0 Å². The molecule has 1 amide bonds. The number of alkyl halides is 3. The Morgan fingerprint density at radius 2 is 1.83 bits per heavy atom. The predicted octanol–water partition coefficient (Wildman–Crippen LogP) is 3.06. The zero-order valence-corrected chi connectivity index (χ0v) is 15.4. The van der Waals surface area contributed by atoms with Gasteiger partial charge in [-0.3, -0.25) is 9.48 Å². The van der Waals surface area contributed by atoms with Gasteiger partial charge in [0.1, 0.15) is 17.1 Å². The van der Waals surface area contributed by atoms with Crippen LogP contribution in [-0.4, -0.2) is 37.6 Å². The first kappa shape index (κ1) is 18.7. The number of hydrogen-bond acceptors (Lipinski definition) is 5. The molecule has 1 aliphatic rings. The summed E-state index contributed by atoms with van der Waals surface area (Å²) < 4.78 is 40.6. The van der Waals surface area contributed by atoms with Crippen LogP contribution in [0, 0.1) is 0 Å². The lowest BCUT2D eigenvalue weighted by atomic mass is 10.1. The van der Waals surface area contributed by atoms with Crippen LogP contribution < -0.4 is 5.73 Å². The smallest absolute Gasteiger partial charge is 0.368 e. The first-order chi connectivity index (χ1) is 13.6. The number of rotatable bonds is 2. The SMILES string of the molecule is CN1C(=O)c2c(nc(N)nc2-c2ccn(C)n2)C1=Cc1cccc(C(F)(F)F)c1. The van der Waals surface area contributed by atoms with Crippen molar-refractivity contribution in [3.05, 3.63) is 58.9 Å². The van der Waals surface area contributed by atoms with Crippen molar-refractivity contribution in [1.29, 1.82) is 0 Å². The molecule has 10 heteroatoms. The highest BCUT2D eigenvalue weighted by atomic mass is 19.4. The Morgan fingerprint density at radius 1 is 1.10 bits per heavy atom. The molecule has 0 spiro atoms. The molecule has 0 fully saturated rings. The number of halogens is 3. The van der Waals surface area contributed by atoms with E-state index in [-0.39, 0.29) is 34.4 Å². The van der Waals surface area contributed by atoms with E-state index in [1.807, 2.05) is 0 Å². The second-order valence-electron chi connectivity index (χ2n) is 6.55. The zero-order valence-electron chi connectivity index (χ0n) is 15.4. The molecule has 2 N–H and O–H groups in total. The van der Waals surface area contributed by atoms with Crippen LogP contribution >= 0.6 is 0 Å². The van der Waals surface area contributed by atoms with Gasteiger partial charge in [0.2, 0.25) is 5.95 Å². The van der Waals surface area contributed by atoms with Gasteiger partial charge < -0.3 is 10.6 Å². The molecule has 0 unspecified atom stereocenters. The van der Waals surface area contributed by atoms with Crippen LogP contribution in [0.4, 0.5) is 19.1 Å². The number of nitrogens with two attached hydrogens (primary N) is 1. The zero-order chi connectivity index (χ0) is 20.9. The summed E-state index contributed by atoms with van der Waals surface area (Å²) in [5.74, 6) is -0.457. The summed E-state index contributed by atoms with van der Waals surface area (Å²) in [5.41, 5.74) is 6.84. The standard InChI is InChI=1S/C19H15F3N6O/c1-27-7-6-12(26-27)15-14-16(25-18(23)24-15)13(28(2)17(14)29)9-10-4-3-5-11(8-10)19(20,21)22/h3-9H,1-2H3,(H2,23,24,25). The van der Waals surface area contributed by atoms with Gasteiger partial charge in [0.25, 0.3) is 5.91 Å². The third-order valence-electron chi connectivity index (χ3n) is 4.52. The van der Waals surface area contributed by atoms with E-state index in [9.17, 15) is 18.0 Å². The summed E-state index contributed by atoms with van der Waals surface area (Å²) in [4.78, 5) is 22.5. The highest BCUT2D eigenvalue weighted by Crippen LogP contribution is 2.37. The summed E-state index contributed by atoms with van der Waals surface area (Å²) in [5, 5.41) is 4.26. The number of carbonyl (C=O) groups is 1. The molecule has 7 nitrogen and oxygen atoms in total. The van der Waals surface area contributed by atoms with E-state index in [0.717, 1.165) is 12.1 Å². The predicted molar refractivity (Wildman–Crippen MR) is 100 cm³/mol. The minimum Gasteiger partial charge on any atom is -0.368 e. The van der Waals surface area contributed by atoms with Gasteiger partial charge in [-0.1, -0.05) is 12.1 Å². The molecule has 0 atom stereocenters. The summed E-state index contributed by atoms with van der Waals surface area (Å²) in [6.07, 6.45) is -1.31. The minimum atomic E-state index is -4.47. The monoisotopic (exact) mass is 400 g/mol. The Balaban J connectivity index is 1.89. The van der Waals surface area contributed by atoms with E-state index >= 15 is 0 Å². The van der Waals surface area contributed by atoms with Gasteiger partial charge in [-0.25, -0.2) is 9.97 Å². The number of anilines is 1. The Kier molecular flexibility index (Phi) is 4.14. The molecule has 0 saturated carbocycles. The highest BCUT2D eigenvalue weighted by molar-refractivity contribution is 6.14. The van der Waals surface area contributed by atoms with E-state index in [0.29, 0.717) is 11.4 Å². The summed E-state index contributed by atoms with van der Waals surface area (Å²) in [6.45, 7) is 0. The molecule has 0 aliphatic carbocycles. The summed E-state index contributed by atoms with van der Waals surface area (Å²) in [6, 6.07) is 6.50. The maximum atomic E-state index is 13.0. The molecule has 1 aliphatic heterocycles. The van der Waals surface area contributed by atoms with Crippen molar-refractivity contribution in [3.8, 4) is 11.4 Å². The number of amides is 1. The molecular weight excluding hydrogens is 385 g/mol. The van der Waals surface area contributed by atoms with Gasteiger partial charge in [0.05, 0.1) is 16.8 Å². The number of hydrogen-bond donors (Lipinski definition) is 1. The molecule has 29 heavy (non-hydrogen) atoms. The summed E-state index contributed by atoms with van der Waals surface area (Å²) >= 11 is 0. The molecule has 0 bridgehead atoms. The fourth-order valence-electron chi connectivity index (χ4n) is 3.16. The van der Waals surface area contributed by atoms with Crippen molar-refractivity contribution in [2.75, 3.05) is 12.8 Å². The van der Waals surface area contributed by atoms with Crippen LogP contribution in [0.15, 0.2) is 36.5 Å². The number of nitrogens with zero attached hydrogens (tertiary/aromatic N) is 5. The van der Waals surface area contributed by atoms with Gasteiger partial charge >= 0.3 is 6.18 Å². The van der Waals surface area contributed by atoms with Crippen molar-refractivity contribution in [2.45, 2.75) is 6.18 Å². The van der Waals surface area contributed by atoms with E-state index in [2.05, 4.69) is 15.1 Å². The van der Waals surface area contributed by atoms with Crippen LogP contribution in [-0.2, 0) is 13.2 Å². The lowest BCUT2D eigenvalue weighted by Crippen LogP contribution is -2.17. The quantitative estimate of drug-likeness (QED) is 0.714. The Bertz CT molecular complexity index is 1160. The third kappa shape index (κ3) is 3.22. The lowest BCUT2D eigenvalue weighted by molar-refractivity contribution is -0.137. The summed E-state index contributed by atoms with van der Waals surface area (Å²) in [7, 11) is 3.24. The molecule has 2 aromatic heterocycles. The molecular formula is C19H15F3N6O. The molecule has 1 aromatic carbocycles. The number of aryl methyl sites for hydroxylation is 1. The van der Waals surface area contributed by atoms with Gasteiger partial charge in [0, 0.05) is 20.3 Å². The van der Waals surface area contributed by atoms with E-state index < -0.39 is 11.7 Å². The number of nitrogen functional groups attached to an aromatic ring is 1. The molecule has 0 saturated heterocycles. The lowest BCUT2D eigenvalue weighted by Gasteiger charge is -2.11.